The molecule has 0 bridgehead atoms. The molecule has 0 aliphatic heterocycles. The minimum Gasteiger partial charge on any atom is -0.388 e. The number of aryl methyl sites for hydroxylation is 1. The number of benzene rings is 1. The average Bonchev–Trinajstić information content (AvgIpc) is 2.86. The number of amides is 1. The van der Waals surface area contributed by atoms with E-state index < -0.39 is 0 Å². The van der Waals surface area contributed by atoms with E-state index in [4.69, 9.17) is 0 Å². The van der Waals surface area contributed by atoms with Gasteiger partial charge in [-0.1, -0.05) is 0 Å². The third-order valence-corrected chi connectivity index (χ3v) is 3.16. The topological polar surface area (TPSA) is 59.0 Å². The van der Waals surface area contributed by atoms with Gasteiger partial charge in [0.05, 0.1) is 6.20 Å². The number of nitrogens with one attached hydrogen (secondary N) is 2. The lowest BCUT2D eigenvalue weighted by Crippen LogP contribution is -2.17. The molecule has 0 aliphatic rings. The molecule has 2 N–H and O–H groups in total. The van der Waals surface area contributed by atoms with E-state index in [0.29, 0.717) is 11.4 Å². The number of nitrogens with zero attached hydrogens (tertiary/aromatic N) is 2. The van der Waals surface area contributed by atoms with E-state index >= 15 is 0 Å². The van der Waals surface area contributed by atoms with Crippen molar-refractivity contribution in [2.75, 3.05) is 17.7 Å². The van der Waals surface area contributed by atoms with Crippen molar-refractivity contribution in [3.8, 4) is 0 Å². The second kappa shape index (κ2) is 5.77. The minimum atomic E-state index is -0.118. The number of carbonyl (C=O) groups excluding carboxylic acids is 1. The first kappa shape index (κ1) is 14.1. The van der Waals surface area contributed by atoms with Crippen LogP contribution in [0.2, 0.25) is 0 Å². The summed E-state index contributed by atoms with van der Waals surface area (Å²) < 4.78 is 1.79. The van der Waals surface area contributed by atoms with Gasteiger partial charge in [-0.2, -0.15) is 5.10 Å². The van der Waals surface area contributed by atoms with Crippen LogP contribution in [-0.2, 0) is 0 Å². The van der Waals surface area contributed by atoms with E-state index in [1.807, 2.05) is 46.0 Å². The highest BCUT2D eigenvalue weighted by molar-refractivity contribution is 6.05. The molecule has 0 atom stereocenters. The lowest BCUT2D eigenvalue weighted by molar-refractivity contribution is 0.102. The number of aromatic nitrogens is 2. The SMILES string of the molecule is CNc1ccc(C(=O)Nc2ccnn2C(C)C)c(C)c1. The maximum Gasteiger partial charge on any atom is 0.257 e. The van der Waals surface area contributed by atoms with Gasteiger partial charge in [0.1, 0.15) is 5.82 Å². The molecule has 1 aromatic carbocycles. The molecule has 1 heterocycles. The third kappa shape index (κ3) is 2.82. The number of hydrogen-bond acceptors (Lipinski definition) is 3. The second-order valence-electron chi connectivity index (χ2n) is 4.99. The molecule has 0 fully saturated rings. The van der Waals surface area contributed by atoms with Crippen molar-refractivity contribution in [2.45, 2.75) is 26.8 Å². The molecule has 1 aromatic heterocycles. The zero-order valence-corrected chi connectivity index (χ0v) is 12.3. The molecule has 1 amide bonds. The van der Waals surface area contributed by atoms with Crippen LogP contribution in [0.4, 0.5) is 11.5 Å². The van der Waals surface area contributed by atoms with Gasteiger partial charge in [0, 0.05) is 30.4 Å². The van der Waals surface area contributed by atoms with Crippen LogP contribution in [0.1, 0.15) is 35.8 Å². The Hall–Kier alpha value is -2.30. The molecule has 2 rings (SSSR count). The molecular formula is C15H20N4O. The summed E-state index contributed by atoms with van der Waals surface area (Å²) in [6.45, 7) is 5.97. The van der Waals surface area contributed by atoms with E-state index in [1.54, 1.807) is 16.9 Å². The summed E-state index contributed by atoms with van der Waals surface area (Å²) in [6.07, 6.45) is 1.69. The lowest BCUT2D eigenvalue weighted by Gasteiger charge is -2.13. The molecule has 2 aromatic rings. The predicted molar refractivity (Wildman–Crippen MR) is 81.3 cm³/mol. The molecule has 106 valence electrons. The maximum atomic E-state index is 12.3. The highest BCUT2D eigenvalue weighted by Gasteiger charge is 2.13. The predicted octanol–water partition coefficient (Wildman–Crippen LogP) is 3.07. The van der Waals surface area contributed by atoms with Crippen LogP contribution in [0.3, 0.4) is 0 Å². The average molecular weight is 272 g/mol. The fourth-order valence-electron chi connectivity index (χ4n) is 2.08. The summed E-state index contributed by atoms with van der Waals surface area (Å²) in [5.41, 5.74) is 2.59. The zero-order chi connectivity index (χ0) is 14.7. The molecule has 0 spiro atoms. The summed E-state index contributed by atoms with van der Waals surface area (Å²) in [5.74, 6) is 0.592. The van der Waals surface area contributed by atoms with Crippen molar-refractivity contribution >= 4 is 17.4 Å². The Morgan fingerprint density at radius 1 is 1.30 bits per heavy atom. The first-order valence-corrected chi connectivity index (χ1v) is 6.66. The highest BCUT2D eigenvalue weighted by atomic mass is 16.1. The van der Waals surface area contributed by atoms with E-state index in [9.17, 15) is 4.79 Å². The van der Waals surface area contributed by atoms with E-state index in [0.717, 1.165) is 11.3 Å². The van der Waals surface area contributed by atoms with Crippen molar-refractivity contribution in [3.05, 3.63) is 41.6 Å². The second-order valence-corrected chi connectivity index (χ2v) is 4.99. The lowest BCUT2D eigenvalue weighted by atomic mass is 10.1. The molecule has 20 heavy (non-hydrogen) atoms. The first-order valence-electron chi connectivity index (χ1n) is 6.66. The van der Waals surface area contributed by atoms with Crippen LogP contribution in [0.25, 0.3) is 0 Å². The molecule has 0 radical (unpaired) electrons. The van der Waals surface area contributed by atoms with Crippen molar-refractivity contribution < 1.29 is 4.79 Å². The summed E-state index contributed by atoms with van der Waals surface area (Å²) >= 11 is 0. The molecule has 0 aliphatic carbocycles. The van der Waals surface area contributed by atoms with Crippen LogP contribution in [0.15, 0.2) is 30.5 Å². The van der Waals surface area contributed by atoms with Crippen molar-refractivity contribution in [1.82, 2.24) is 9.78 Å². The van der Waals surface area contributed by atoms with Crippen LogP contribution in [-0.4, -0.2) is 22.7 Å². The van der Waals surface area contributed by atoms with E-state index in [2.05, 4.69) is 15.7 Å². The summed E-state index contributed by atoms with van der Waals surface area (Å²) in [7, 11) is 1.86. The summed E-state index contributed by atoms with van der Waals surface area (Å²) in [5, 5.41) is 10.2. The normalized spacial score (nSPS) is 10.7. The molecule has 0 unspecified atom stereocenters. The zero-order valence-electron chi connectivity index (χ0n) is 12.3. The molecule has 5 nitrogen and oxygen atoms in total. The Balaban J connectivity index is 2.22. The quantitative estimate of drug-likeness (QED) is 0.899. The van der Waals surface area contributed by atoms with Gasteiger partial charge < -0.3 is 10.6 Å². The van der Waals surface area contributed by atoms with Gasteiger partial charge in [-0.15, -0.1) is 0 Å². The fraction of sp³-hybridized carbons (Fsp3) is 0.333. The van der Waals surface area contributed by atoms with Gasteiger partial charge in [0.25, 0.3) is 5.91 Å². The highest BCUT2D eigenvalue weighted by Crippen LogP contribution is 2.18. The van der Waals surface area contributed by atoms with Crippen LogP contribution >= 0.6 is 0 Å². The Kier molecular flexibility index (Phi) is 4.08. The molecular weight excluding hydrogens is 252 g/mol. The summed E-state index contributed by atoms with van der Waals surface area (Å²) in [6, 6.07) is 7.67. The van der Waals surface area contributed by atoms with Gasteiger partial charge in [-0.25, -0.2) is 4.68 Å². The van der Waals surface area contributed by atoms with Crippen molar-refractivity contribution in [2.24, 2.45) is 0 Å². The summed E-state index contributed by atoms with van der Waals surface area (Å²) in [4.78, 5) is 12.3. The maximum absolute atomic E-state index is 12.3. The molecule has 0 saturated heterocycles. The van der Waals surface area contributed by atoms with E-state index in [1.165, 1.54) is 0 Å². The Bertz CT molecular complexity index is 616. The Labute approximate surface area is 119 Å². The molecule has 5 heteroatoms. The van der Waals surface area contributed by atoms with Gasteiger partial charge in [-0.3, -0.25) is 4.79 Å². The first-order chi connectivity index (χ1) is 9.52. The minimum absolute atomic E-state index is 0.118. The van der Waals surface area contributed by atoms with Crippen LogP contribution < -0.4 is 10.6 Å². The Morgan fingerprint density at radius 3 is 2.65 bits per heavy atom. The van der Waals surface area contributed by atoms with Crippen molar-refractivity contribution in [1.29, 1.82) is 0 Å². The number of hydrogen-bond donors (Lipinski definition) is 2. The Morgan fingerprint density at radius 2 is 2.05 bits per heavy atom. The monoisotopic (exact) mass is 272 g/mol. The number of rotatable bonds is 4. The third-order valence-electron chi connectivity index (χ3n) is 3.16. The number of anilines is 2. The van der Waals surface area contributed by atoms with Crippen LogP contribution in [0, 0.1) is 6.92 Å². The van der Waals surface area contributed by atoms with E-state index in [-0.39, 0.29) is 11.9 Å². The van der Waals surface area contributed by atoms with Gasteiger partial charge in [0.15, 0.2) is 0 Å². The van der Waals surface area contributed by atoms with Crippen molar-refractivity contribution in [3.63, 3.8) is 0 Å². The molecule has 0 saturated carbocycles. The van der Waals surface area contributed by atoms with Gasteiger partial charge >= 0.3 is 0 Å². The van der Waals surface area contributed by atoms with Crippen LogP contribution in [0.5, 0.6) is 0 Å². The van der Waals surface area contributed by atoms with Gasteiger partial charge in [0.2, 0.25) is 0 Å². The standard InChI is InChI=1S/C15H20N4O/c1-10(2)19-14(7-8-17-19)18-15(20)13-6-5-12(16-4)9-11(13)3/h5-10,16H,1-4H3,(H,18,20). The number of carbonyl (C=O) groups is 1. The largest absolute Gasteiger partial charge is 0.388 e. The smallest absolute Gasteiger partial charge is 0.257 e. The fourth-order valence-corrected chi connectivity index (χ4v) is 2.08. The van der Waals surface area contributed by atoms with Gasteiger partial charge in [-0.05, 0) is 44.5 Å².